The summed E-state index contributed by atoms with van der Waals surface area (Å²) in [5.74, 6) is -0.180. The van der Waals surface area contributed by atoms with Crippen molar-refractivity contribution < 1.29 is 14.3 Å². The van der Waals surface area contributed by atoms with Crippen LogP contribution in [0.25, 0.3) is 0 Å². The standard InChI is InChI=1S/C9H15NO3S/c1-2-3-7(14)6-8(11)10-4-5-13-9(10)12/h7,14H,2-6H2,1H3/t7-/m1/s1. The van der Waals surface area contributed by atoms with E-state index in [1.807, 2.05) is 6.92 Å². The molecule has 0 aromatic rings. The van der Waals surface area contributed by atoms with Crippen LogP contribution in [0.4, 0.5) is 4.79 Å². The number of amides is 2. The molecule has 0 saturated carbocycles. The van der Waals surface area contributed by atoms with Crippen molar-refractivity contribution in [1.82, 2.24) is 4.90 Å². The van der Waals surface area contributed by atoms with E-state index >= 15 is 0 Å². The van der Waals surface area contributed by atoms with Crippen LogP contribution in [0.15, 0.2) is 0 Å². The summed E-state index contributed by atoms with van der Waals surface area (Å²) < 4.78 is 4.67. The highest BCUT2D eigenvalue weighted by molar-refractivity contribution is 7.81. The molecule has 0 bridgehead atoms. The van der Waals surface area contributed by atoms with Crippen molar-refractivity contribution in [2.75, 3.05) is 13.2 Å². The third kappa shape index (κ3) is 2.90. The SMILES string of the molecule is CCC[C@@H](S)CC(=O)N1CCOC1=O. The molecule has 1 rings (SSSR count). The molecule has 1 aliphatic rings. The molecule has 0 spiro atoms. The van der Waals surface area contributed by atoms with Crippen molar-refractivity contribution in [3.63, 3.8) is 0 Å². The first-order chi connectivity index (χ1) is 6.65. The number of carbonyl (C=O) groups is 2. The van der Waals surface area contributed by atoms with Crippen molar-refractivity contribution in [3.05, 3.63) is 0 Å². The third-order valence-corrected chi connectivity index (χ3v) is 2.53. The molecule has 0 N–H and O–H groups in total. The number of ether oxygens (including phenoxy) is 1. The highest BCUT2D eigenvalue weighted by Crippen LogP contribution is 2.13. The third-order valence-electron chi connectivity index (χ3n) is 2.09. The molecule has 1 atom stereocenters. The summed E-state index contributed by atoms with van der Waals surface area (Å²) in [5.41, 5.74) is 0. The van der Waals surface area contributed by atoms with Crippen LogP contribution in [0.2, 0.25) is 0 Å². The van der Waals surface area contributed by atoms with Crippen LogP contribution in [0.5, 0.6) is 0 Å². The second-order valence-corrected chi connectivity index (χ2v) is 4.04. The number of cyclic esters (lactones) is 1. The topological polar surface area (TPSA) is 46.6 Å². The van der Waals surface area contributed by atoms with Gasteiger partial charge in [0.2, 0.25) is 5.91 Å². The lowest BCUT2D eigenvalue weighted by molar-refractivity contribution is -0.127. The van der Waals surface area contributed by atoms with Gasteiger partial charge in [-0.2, -0.15) is 12.6 Å². The quantitative estimate of drug-likeness (QED) is 0.725. The first-order valence-electron chi connectivity index (χ1n) is 4.80. The van der Waals surface area contributed by atoms with Crippen LogP contribution in [-0.4, -0.2) is 35.3 Å². The summed E-state index contributed by atoms with van der Waals surface area (Å²) >= 11 is 4.27. The average Bonchev–Trinajstić information content (AvgIpc) is 2.51. The maximum atomic E-state index is 11.5. The Labute approximate surface area is 89.0 Å². The van der Waals surface area contributed by atoms with Crippen LogP contribution >= 0.6 is 12.6 Å². The van der Waals surface area contributed by atoms with E-state index in [0.29, 0.717) is 19.6 Å². The van der Waals surface area contributed by atoms with Gasteiger partial charge in [0.15, 0.2) is 0 Å². The lowest BCUT2D eigenvalue weighted by atomic mass is 10.2. The molecule has 0 radical (unpaired) electrons. The first kappa shape index (κ1) is 11.4. The van der Waals surface area contributed by atoms with Gasteiger partial charge in [-0.1, -0.05) is 13.3 Å². The lowest BCUT2D eigenvalue weighted by Gasteiger charge is -2.13. The number of rotatable bonds is 4. The Kier molecular flexibility index (Phi) is 4.25. The molecule has 1 saturated heterocycles. The summed E-state index contributed by atoms with van der Waals surface area (Å²) in [6.07, 6.45) is 1.67. The summed E-state index contributed by atoms with van der Waals surface area (Å²) in [5, 5.41) is 0.0425. The van der Waals surface area contributed by atoms with E-state index in [9.17, 15) is 9.59 Å². The molecule has 1 aliphatic heterocycles. The molecule has 0 aromatic heterocycles. The Morgan fingerprint density at radius 3 is 2.93 bits per heavy atom. The number of thiol groups is 1. The van der Waals surface area contributed by atoms with Gasteiger partial charge in [0.05, 0.1) is 6.54 Å². The van der Waals surface area contributed by atoms with Crippen LogP contribution in [0.3, 0.4) is 0 Å². The molecule has 1 fully saturated rings. The minimum atomic E-state index is -0.521. The summed E-state index contributed by atoms with van der Waals surface area (Å²) in [7, 11) is 0. The van der Waals surface area contributed by atoms with Crippen molar-refractivity contribution in [1.29, 1.82) is 0 Å². The smallest absolute Gasteiger partial charge is 0.416 e. The number of imide groups is 1. The molecule has 4 nitrogen and oxygen atoms in total. The fourth-order valence-electron chi connectivity index (χ4n) is 1.37. The van der Waals surface area contributed by atoms with E-state index < -0.39 is 6.09 Å². The number of hydrogen-bond donors (Lipinski definition) is 1. The highest BCUT2D eigenvalue weighted by atomic mass is 32.1. The van der Waals surface area contributed by atoms with Gasteiger partial charge >= 0.3 is 6.09 Å². The predicted molar refractivity (Wildman–Crippen MR) is 55.4 cm³/mol. The van der Waals surface area contributed by atoms with Gasteiger partial charge in [-0.15, -0.1) is 0 Å². The van der Waals surface area contributed by atoms with E-state index in [1.54, 1.807) is 0 Å². The van der Waals surface area contributed by atoms with Crippen molar-refractivity contribution >= 4 is 24.6 Å². The first-order valence-corrected chi connectivity index (χ1v) is 5.32. The number of hydrogen-bond acceptors (Lipinski definition) is 4. The number of nitrogens with zero attached hydrogens (tertiary/aromatic N) is 1. The fourth-order valence-corrected chi connectivity index (χ4v) is 1.78. The van der Waals surface area contributed by atoms with E-state index in [2.05, 4.69) is 17.4 Å². The molecule has 1 heterocycles. The van der Waals surface area contributed by atoms with Crippen molar-refractivity contribution in [2.24, 2.45) is 0 Å². The molecule has 0 aromatic carbocycles. The largest absolute Gasteiger partial charge is 0.447 e. The van der Waals surface area contributed by atoms with Gasteiger partial charge in [0, 0.05) is 11.7 Å². The van der Waals surface area contributed by atoms with Gasteiger partial charge in [-0.25, -0.2) is 9.69 Å². The minimum absolute atomic E-state index is 0.0425. The molecule has 14 heavy (non-hydrogen) atoms. The van der Waals surface area contributed by atoms with Gasteiger partial charge < -0.3 is 4.74 Å². The highest BCUT2D eigenvalue weighted by Gasteiger charge is 2.28. The maximum Gasteiger partial charge on any atom is 0.416 e. The molecular weight excluding hydrogens is 202 g/mol. The van der Waals surface area contributed by atoms with Gasteiger partial charge in [-0.3, -0.25) is 4.79 Å². The molecule has 0 unspecified atom stereocenters. The molecule has 5 heteroatoms. The van der Waals surface area contributed by atoms with Gasteiger partial charge in [0.1, 0.15) is 6.61 Å². The van der Waals surface area contributed by atoms with Crippen molar-refractivity contribution in [2.45, 2.75) is 31.4 Å². The lowest BCUT2D eigenvalue weighted by Crippen LogP contribution is -2.33. The van der Waals surface area contributed by atoms with E-state index in [0.717, 1.165) is 17.7 Å². The average molecular weight is 217 g/mol. The minimum Gasteiger partial charge on any atom is -0.447 e. The maximum absolute atomic E-state index is 11.5. The van der Waals surface area contributed by atoms with E-state index in [1.165, 1.54) is 0 Å². The zero-order valence-corrected chi connectivity index (χ0v) is 9.13. The van der Waals surface area contributed by atoms with Crippen LogP contribution < -0.4 is 0 Å². The normalized spacial score (nSPS) is 18.1. The zero-order valence-electron chi connectivity index (χ0n) is 8.23. The zero-order chi connectivity index (χ0) is 10.6. The summed E-state index contributed by atoms with van der Waals surface area (Å²) in [6, 6.07) is 0. The second kappa shape index (κ2) is 5.24. The van der Waals surface area contributed by atoms with Gasteiger partial charge in [-0.05, 0) is 6.42 Å². The van der Waals surface area contributed by atoms with Crippen LogP contribution in [0.1, 0.15) is 26.2 Å². The van der Waals surface area contributed by atoms with Crippen LogP contribution in [0, 0.1) is 0 Å². The second-order valence-electron chi connectivity index (χ2n) is 3.31. The summed E-state index contributed by atoms with van der Waals surface area (Å²) in [6.45, 7) is 2.73. The van der Waals surface area contributed by atoms with Gasteiger partial charge in [0.25, 0.3) is 0 Å². The molecule has 80 valence electrons. The number of carbonyl (C=O) groups excluding carboxylic acids is 2. The molecular formula is C9H15NO3S. The van der Waals surface area contributed by atoms with Crippen LogP contribution in [-0.2, 0) is 9.53 Å². The Hall–Kier alpha value is -0.710. The fraction of sp³-hybridized carbons (Fsp3) is 0.778. The predicted octanol–water partition coefficient (Wildman–Crippen LogP) is 1.45. The van der Waals surface area contributed by atoms with E-state index in [4.69, 9.17) is 0 Å². The molecule has 2 amide bonds. The Bertz CT molecular complexity index is 232. The Morgan fingerprint density at radius 1 is 1.71 bits per heavy atom. The Morgan fingerprint density at radius 2 is 2.43 bits per heavy atom. The monoisotopic (exact) mass is 217 g/mol. The Balaban J connectivity index is 2.37. The summed E-state index contributed by atoms with van der Waals surface area (Å²) in [4.78, 5) is 23.7. The molecule has 0 aliphatic carbocycles. The van der Waals surface area contributed by atoms with E-state index in [-0.39, 0.29) is 11.2 Å². The van der Waals surface area contributed by atoms with Crippen molar-refractivity contribution in [3.8, 4) is 0 Å².